The van der Waals surface area contributed by atoms with Crippen LogP contribution in [0.1, 0.15) is 187 Å². The van der Waals surface area contributed by atoms with Crippen LogP contribution in [-0.2, 0) is 41.8 Å². The molecule has 8 atom stereocenters. The Hall–Kier alpha value is -0.650. The second kappa shape index (κ2) is 34.7. The minimum atomic E-state index is -5.30. The molecule has 1 aliphatic carbocycles. The van der Waals surface area contributed by atoms with E-state index in [-0.39, 0.29) is 12.8 Å². The maximum Gasteiger partial charge on any atom is 0.472 e. The second-order valence-electron chi connectivity index (χ2n) is 16.2. The van der Waals surface area contributed by atoms with Crippen LogP contribution < -0.4 is 0 Å². The first kappa shape index (κ1) is 57.4. The van der Waals surface area contributed by atoms with E-state index in [1.54, 1.807) is 0 Å². The molecule has 1 rings (SSSR count). The molecule has 1 aliphatic rings. The van der Waals surface area contributed by atoms with E-state index in [0.29, 0.717) is 12.8 Å². The van der Waals surface area contributed by atoms with Gasteiger partial charge in [-0.25, -0.2) is 9.13 Å². The quantitative estimate of drug-likeness (QED) is 0.0127. The molecule has 4 unspecified atom stereocenters. The molecular formula is C41H80O16P2S. The van der Waals surface area contributed by atoms with E-state index < -0.39 is 83.5 Å². The SMILES string of the molecule is CCCCCCCCCCCCCCCC(=O)O[C@H](COC(=O)CCCCCCCCCCCCCCCS)COP(=O)(O)OC1C(O)[C@H](O)C(OP(=O)(O)O)[C@H](O)[C@@H]1O. The van der Waals surface area contributed by atoms with Gasteiger partial charge in [0.25, 0.3) is 0 Å². The Morgan fingerprint density at radius 3 is 1.25 bits per heavy atom. The van der Waals surface area contributed by atoms with E-state index in [1.807, 2.05) is 0 Å². The van der Waals surface area contributed by atoms with E-state index in [1.165, 1.54) is 103 Å². The summed E-state index contributed by atoms with van der Waals surface area (Å²) in [5.41, 5.74) is 0. The van der Waals surface area contributed by atoms with Crippen LogP contribution in [0.3, 0.4) is 0 Å². The van der Waals surface area contributed by atoms with Gasteiger partial charge in [-0.15, -0.1) is 0 Å². The molecule has 0 radical (unpaired) electrons. The number of unbranched alkanes of at least 4 members (excludes halogenated alkanes) is 24. The summed E-state index contributed by atoms with van der Waals surface area (Å²) in [7, 11) is -10.6. The van der Waals surface area contributed by atoms with E-state index in [9.17, 15) is 44.0 Å². The fourth-order valence-corrected chi connectivity index (χ4v) is 8.95. The molecule has 1 saturated carbocycles. The molecule has 356 valence electrons. The van der Waals surface area contributed by atoms with Gasteiger partial charge in [-0.2, -0.15) is 12.6 Å². The largest absolute Gasteiger partial charge is 0.472 e. The molecule has 0 heterocycles. The molecule has 0 saturated heterocycles. The summed E-state index contributed by atoms with van der Waals surface area (Å²) in [5.74, 6) is -0.227. The molecule has 1 fully saturated rings. The second-order valence-corrected chi connectivity index (χ2v) is 19.3. The highest BCUT2D eigenvalue weighted by Gasteiger charge is 2.54. The number of esters is 2. The Balaban J connectivity index is 2.58. The number of hydrogen-bond acceptors (Lipinski definition) is 14. The molecular weight excluding hydrogens is 842 g/mol. The van der Waals surface area contributed by atoms with Crippen molar-refractivity contribution < 1.29 is 76.9 Å². The Morgan fingerprint density at radius 2 is 0.867 bits per heavy atom. The average Bonchev–Trinajstić information content (AvgIpc) is 3.20. The van der Waals surface area contributed by atoms with Crippen LogP contribution in [0, 0.1) is 0 Å². The summed E-state index contributed by atoms with van der Waals surface area (Å²) >= 11 is 4.25. The summed E-state index contributed by atoms with van der Waals surface area (Å²) < 4.78 is 49.1. The van der Waals surface area contributed by atoms with E-state index >= 15 is 0 Å². The first-order valence-corrected chi connectivity index (χ1v) is 26.4. The third kappa shape index (κ3) is 28.9. The van der Waals surface area contributed by atoms with E-state index in [2.05, 4.69) is 24.1 Å². The van der Waals surface area contributed by atoms with Gasteiger partial charge >= 0.3 is 27.6 Å². The van der Waals surface area contributed by atoms with Crippen molar-refractivity contribution in [2.45, 2.75) is 229 Å². The van der Waals surface area contributed by atoms with Gasteiger partial charge in [0.05, 0.1) is 6.61 Å². The minimum absolute atomic E-state index is 0.0558. The number of carbonyl (C=O) groups excluding carboxylic acids is 2. The lowest BCUT2D eigenvalue weighted by molar-refractivity contribution is -0.216. The average molecular weight is 923 g/mol. The fourth-order valence-electron chi connectivity index (χ4n) is 7.18. The van der Waals surface area contributed by atoms with Crippen molar-refractivity contribution in [1.82, 2.24) is 0 Å². The van der Waals surface area contributed by atoms with Crippen LogP contribution in [0.5, 0.6) is 0 Å². The van der Waals surface area contributed by atoms with Crippen molar-refractivity contribution in [3.05, 3.63) is 0 Å². The van der Waals surface area contributed by atoms with Gasteiger partial charge in [0.2, 0.25) is 0 Å². The summed E-state index contributed by atoms with van der Waals surface area (Å²) in [6, 6.07) is 0. The molecule has 0 bridgehead atoms. The highest BCUT2D eigenvalue weighted by Crippen LogP contribution is 2.48. The Bertz CT molecular complexity index is 1180. The first-order valence-electron chi connectivity index (χ1n) is 22.7. The Kier molecular flexibility index (Phi) is 33.2. The Morgan fingerprint density at radius 1 is 0.517 bits per heavy atom. The molecule has 7 N–H and O–H groups in total. The van der Waals surface area contributed by atoms with Gasteiger partial charge in [0.1, 0.15) is 43.2 Å². The number of thiol groups is 1. The fraction of sp³-hybridized carbons (Fsp3) is 0.951. The number of aliphatic hydroxyl groups is 4. The number of rotatable bonds is 39. The molecule has 0 aromatic carbocycles. The highest BCUT2D eigenvalue weighted by atomic mass is 32.1. The summed E-state index contributed by atoms with van der Waals surface area (Å²) in [4.78, 5) is 53.9. The van der Waals surface area contributed by atoms with Gasteiger partial charge < -0.3 is 44.6 Å². The highest BCUT2D eigenvalue weighted by molar-refractivity contribution is 7.80. The molecule has 0 aromatic rings. The Labute approximate surface area is 364 Å². The zero-order valence-corrected chi connectivity index (χ0v) is 38.8. The van der Waals surface area contributed by atoms with Crippen molar-refractivity contribution in [1.29, 1.82) is 0 Å². The zero-order chi connectivity index (χ0) is 44.7. The van der Waals surface area contributed by atoms with Crippen molar-refractivity contribution in [2.75, 3.05) is 19.0 Å². The van der Waals surface area contributed by atoms with Gasteiger partial charge in [0, 0.05) is 12.8 Å². The smallest absolute Gasteiger partial charge is 0.462 e. The predicted molar refractivity (Wildman–Crippen MR) is 231 cm³/mol. The lowest BCUT2D eigenvalue weighted by atomic mass is 9.85. The number of hydrogen-bond donors (Lipinski definition) is 8. The normalized spacial score (nSPS) is 22.4. The summed E-state index contributed by atoms with van der Waals surface area (Å²) in [6.45, 7) is 0.908. The maximum atomic E-state index is 12.9. The van der Waals surface area contributed by atoms with Gasteiger partial charge in [-0.3, -0.25) is 23.2 Å². The van der Waals surface area contributed by atoms with Crippen molar-refractivity contribution in [3.8, 4) is 0 Å². The van der Waals surface area contributed by atoms with Crippen LogP contribution in [0.25, 0.3) is 0 Å². The molecule has 0 spiro atoms. The molecule has 16 nitrogen and oxygen atoms in total. The van der Waals surface area contributed by atoms with Crippen molar-refractivity contribution in [2.24, 2.45) is 0 Å². The van der Waals surface area contributed by atoms with Crippen LogP contribution in [0.4, 0.5) is 0 Å². The van der Waals surface area contributed by atoms with E-state index in [0.717, 1.165) is 57.1 Å². The number of carbonyl (C=O) groups is 2. The number of phosphoric ester groups is 2. The van der Waals surface area contributed by atoms with Gasteiger partial charge in [-0.05, 0) is 25.0 Å². The lowest BCUT2D eigenvalue weighted by Gasteiger charge is -2.43. The lowest BCUT2D eigenvalue weighted by Crippen LogP contribution is -2.64. The topological polar surface area (TPSA) is 256 Å². The zero-order valence-electron chi connectivity index (χ0n) is 36.1. The van der Waals surface area contributed by atoms with Crippen molar-refractivity contribution in [3.63, 3.8) is 0 Å². The summed E-state index contributed by atoms with van der Waals surface area (Å²) in [5, 5.41) is 41.4. The van der Waals surface area contributed by atoms with E-state index in [4.69, 9.17) is 28.3 Å². The summed E-state index contributed by atoms with van der Waals surface area (Å²) in [6.07, 6.45) is 14.8. The third-order valence-corrected chi connectivity index (χ3v) is 12.6. The monoisotopic (exact) mass is 922 g/mol. The number of aliphatic hydroxyl groups excluding tert-OH is 4. The molecule has 19 heteroatoms. The molecule has 0 aromatic heterocycles. The van der Waals surface area contributed by atoms with Crippen LogP contribution in [-0.4, -0.2) is 109 Å². The van der Waals surface area contributed by atoms with Gasteiger partial charge in [-0.1, -0.05) is 155 Å². The van der Waals surface area contributed by atoms with Gasteiger partial charge in [0.15, 0.2) is 6.10 Å². The maximum absolute atomic E-state index is 12.9. The third-order valence-electron chi connectivity index (χ3n) is 10.7. The molecule has 0 aliphatic heterocycles. The number of phosphoric acid groups is 2. The number of ether oxygens (including phenoxy) is 2. The van der Waals surface area contributed by atoms with Crippen LogP contribution >= 0.6 is 28.3 Å². The van der Waals surface area contributed by atoms with Crippen LogP contribution in [0.2, 0.25) is 0 Å². The van der Waals surface area contributed by atoms with Crippen LogP contribution in [0.15, 0.2) is 0 Å². The van der Waals surface area contributed by atoms with Crippen molar-refractivity contribution >= 4 is 40.2 Å². The standard InChI is InChI=1S/C41H80O16P2S/c1-2-3-4-5-6-7-8-10-14-17-20-23-26-29-35(43)55-33(31-53-34(42)28-25-22-19-16-13-11-9-12-15-18-21-24-27-30-60)32-54-59(51,52)57-41-38(46)36(44)40(37(45)39(41)47)56-58(48,49)50/h33,36-41,44-47,60H,2-32H2,1H3,(H,51,52)(H2,48,49,50)/t33-,36-,37+,38+,39?,40?,41?/m1/s1. The molecule has 60 heavy (non-hydrogen) atoms. The first-order chi connectivity index (χ1) is 28.6. The predicted octanol–water partition coefficient (Wildman–Crippen LogP) is 7.75. The molecule has 0 amide bonds. The minimum Gasteiger partial charge on any atom is -0.462 e.